The predicted molar refractivity (Wildman–Crippen MR) is 82.4 cm³/mol. The SMILES string of the molecule is CC(C)(C)c1csc(COc2ccccc2CCO)n1. The van der Waals surface area contributed by atoms with E-state index in [-0.39, 0.29) is 12.0 Å². The first-order valence-corrected chi connectivity index (χ1v) is 7.65. The predicted octanol–water partition coefficient (Wildman–Crippen LogP) is 3.55. The number of nitrogens with zero attached hydrogens (tertiary/aromatic N) is 1. The Morgan fingerprint density at radius 1 is 1.25 bits per heavy atom. The van der Waals surface area contributed by atoms with E-state index < -0.39 is 0 Å². The Bertz CT molecular complexity index is 558. The van der Waals surface area contributed by atoms with Gasteiger partial charge in [-0.3, -0.25) is 0 Å². The Labute approximate surface area is 124 Å². The molecule has 3 nitrogen and oxygen atoms in total. The van der Waals surface area contributed by atoms with E-state index in [0.717, 1.165) is 22.0 Å². The van der Waals surface area contributed by atoms with E-state index in [1.165, 1.54) is 0 Å². The summed E-state index contributed by atoms with van der Waals surface area (Å²) in [4.78, 5) is 4.62. The molecule has 2 aromatic rings. The average molecular weight is 291 g/mol. The fourth-order valence-corrected chi connectivity index (χ4v) is 2.76. The highest BCUT2D eigenvalue weighted by molar-refractivity contribution is 7.09. The lowest BCUT2D eigenvalue weighted by molar-refractivity contribution is 0.283. The highest BCUT2D eigenvalue weighted by atomic mass is 32.1. The van der Waals surface area contributed by atoms with Crippen LogP contribution in [-0.2, 0) is 18.4 Å². The van der Waals surface area contributed by atoms with Crippen molar-refractivity contribution in [2.24, 2.45) is 0 Å². The molecular weight excluding hydrogens is 270 g/mol. The number of rotatable bonds is 5. The van der Waals surface area contributed by atoms with Crippen LogP contribution >= 0.6 is 11.3 Å². The van der Waals surface area contributed by atoms with Crippen LogP contribution in [0.15, 0.2) is 29.6 Å². The molecule has 0 radical (unpaired) electrons. The fraction of sp³-hybridized carbons (Fsp3) is 0.438. The first-order valence-electron chi connectivity index (χ1n) is 6.77. The fourth-order valence-electron chi connectivity index (χ4n) is 1.83. The lowest BCUT2D eigenvalue weighted by Gasteiger charge is -2.14. The molecule has 1 N–H and O–H groups in total. The normalized spacial score (nSPS) is 11.6. The van der Waals surface area contributed by atoms with Crippen LogP contribution in [0.5, 0.6) is 5.75 Å². The van der Waals surface area contributed by atoms with Crippen molar-refractivity contribution in [3.05, 3.63) is 45.9 Å². The molecule has 2 rings (SSSR count). The standard InChI is InChI=1S/C16H21NO2S/c1-16(2,3)14-11-20-15(17-14)10-19-13-7-5-4-6-12(13)8-9-18/h4-7,11,18H,8-10H2,1-3H3. The Morgan fingerprint density at radius 2 is 2.00 bits per heavy atom. The summed E-state index contributed by atoms with van der Waals surface area (Å²) in [6, 6.07) is 7.81. The van der Waals surface area contributed by atoms with Crippen LogP contribution in [0.25, 0.3) is 0 Å². The van der Waals surface area contributed by atoms with Gasteiger partial charge in [0.1, 0.15) is 17.4 Å². The van der Waals surface area contributed by atoms with Crippen molar-refractivity contribution in [1.29, 1.82) is 0 Å². The van der Waals surface area contributed by atoms with Gasteiger partial charge in [0.05, 0.1) is 5.69 Å². The molecule has 0 aliphatic carbocycles. The van der Waals surface area contributed by atoms with E-state index in [4.69, 9.17) is 9.84 Å². The quantitative estimate of drug-likeness (QED) is 0.916. The van der Waals surface area contributed by atoms with Crippen molar-refractivity contribution in [2.75, 3.05) is 6.61 Å². The van der Waals surface area contributed by atoms with E-state index >= 15 is 0 Å². The molecule has 0 amide bonds. The molecule has 1 aromatic carbocycles. The molecule has 1 aromatic heterocycles. The number of aromatic nitrogens is 1. The molecule has 20 heavy (non-hydrogen) atoms. The molecule has 108 valence electrons. The van der Waals surface area contributed by atoms with Gasteiger partial charge in [0.15, 0.2) is 0 Å². The van der Waals surface area contributed by atoms with Crippen LogP contribution in [0.2, 0.25) is 0 Å². The van der Waals surface area contributed by atoms with Crippen molar-refractivity contribution >= 4 is 11.3 Å². The number of thiazole rings is 1. The summed E-state index contributed by atoms with van der Waals surface area (Å²) in [5.41, 5.74) is 2.20. The van der Waals surface area contributed by atoms with Crippen molar-refractivity contribution in [3.63, 3.8) is 0 Å². The minimum Gasteiger partial charge on any atom is -0.486 e. The van der Waals surface area contributed by atoms with Crippen molar-refractivity contribution in [2.45, 2.75) is 39.2 Å². The summed E-state index contributed by atoms with van der Waals surface area (Å²) >= 11 is 1.63. The van der Waals surface area contributed by atoms with Crippen LogP contribution in [0.1, 0.15) is 37.0 Å². The smallest absolute Gasteiger partial charge is 0.140 e. The van der Waals surface area contributed by atoms with Gasteiger partial charge in [0, 0.05) is 17.4 Å². The second kappa shape index (κ2) is 6.37. The van der Waals surface area contributed by atoms with E-state index in [1.807, 2.05) is 24.3 Å². The molecule has 1 heterocycles. The maximum atomic E-state index is 9.06. The molecule has 0 spiro atoms. The highest BCUT2D eigenvalue weighted by Gasteiger charge is 2.17. The molecule has 0 unspecified atom stereocenters. The van der Waals surface area contributed by atoms with Crippen LogP contribution < -0.4 is 4.74 Å². The van der Waals surface area contributed by atoms with Gasteiger partial charge >= 0.3 is 0 Å². The molecule has 0 fully saturated rings. The molecule has 0 bridgehead atoms. The van der Waals surface area contributed by atoms with Gasteiger partial charge in [-0.05, 0) is 18.1 Å². The van der Waals surface area contributed by atoms with E-state index in [9.17, 15) is 0 Å². The monoisotopic (exact) mass is 291 g/mol. The first-order chi connectivity index (χ1) is 9.50. The van der Waals surface area contributed by atoms with E-state index in [2.05, 4.69) is 31.1 Å². The Kier molecular flexibility index (Phi) is 4.78. The molecule has 0 aliphatic rings. The zero-order valence-electron chi connectivity index (χ0n) is 12.2. The van der Waals surface area contributed by atoms with Crippen LogP contribution in [0.4, 0.5) is 0 Å². The van der Waals surface area contributed by atoms with E-state index in [0.29, 0.717) is 13.0 Å². The van der Waals surface area contributed by atoms with Crippen LogP contribution in [0.3, 0.4) is 0 Å². The Morgan fingerprint density at radius 3 is 2.65 bits per heavy atom. The first kappa shape index (κ1) is 15.0. The number of hydrogen-bond donors (Lipinski definition) is 1. The minimum atomic E-state index is 0.0730. The van der Waals surface area contributed by atoms with Crippen molar-refractivity contribution in [1.82, 2.24) is 4.98 Å². The van der Waals surface area contributed by atoms with Crippen molar-refractivity contribution in [3.8, 4) is 5.75 Å². The second-order valence-corrected chi connectivity index (χ2v) is 6.69. The summed E-state index contributed by atoms with van der Waals surface area (Å²) in [5.74, 6) is 0.828. The molecular formula is C16H21NO2S. The van der Waals surface area contributed by atoms with Gasteiger partial charge < -0.3 is 9.84 Å². The maximum Gasteiger partial charge on any atom is 0.140 e. The van der Waals surface area contributed by atoms with Crippen LogP contribution in [-0.4, -0.2) is 16.7 Å². The lowest BCUT2D eigenvalue weighted by Crippen LogP contribution is -2.11. The third-order valence-electron chi connectivity index (χ3n) is 3.03. The third kappa shape index (κ3) is 3.81. The second-order valence-electron chi connectivity index (χ2n) is 5.75. The number of para-hydroxylation sites is 1. The molecule has 0 atom stereocenters. The number of hydrogen-bond acceptors (Lipinski definition) is 4. The third-order valence-corrected chi connectivity index (χ3v) is 3.85. The van der Waals surface area contributed by atoms with Gasteiger partial charge in [0.25, 0.3) is 0 Å². The Hall–Kier alpha value is -1.39. The maximum absolute atomic E-state index is 9.06. The largest absolute Gasteiger partial charge is 0.486 e. The summed E-state index contributed by atoms with van der Waals surface area (Å²) in [6.07, 6.45) is 0.612. The zero-order valence-corrected chi connectivity index (χ0v) is 13.0. The van der Waals surface area contributed by atoms with Gasteiger partial charge in [-0.2, -0.15) is 0 Å². The summed E-state index contributed by atoms with van der Waals surface area (Å²) in [5, 5.41) is 12.1. The number of benzene rings is 1. The minimum absolute atomic E-state index is 0.0730. The van der Waals surface area contributed by atoms with Gasteiger partial charge in [-0.15, -0.1) is 11.3 Å². The van der Waals surface area contributed by atoms with Gasteiger partial charge in [-0.1, -0.05) is 39.0 Å². The lowest BCUT2D eigenvalue weighted by atomic mass is 9.93. The topological polar surface area (TPSA) is 42.4 Å². The summed E-state index contributed by atoms with van der Waals surface area (Å²) < 4.78 is 5.84. The Balaban J connectivity index is 2.04. The average Bonchev–Trinajstić information content (AvgIpc) is 2.87. The molecule has 0 saturated heterocycles. The number of aliphatic hydroxyl groups is 1. The van der Waals surface area contributed by atoms with E-state index in [1.54, 1.807) is 11.3 Å². The molecule has 4 heteroatoms. The molecule has 0 aliphatic heterocycles. The van der Waals surface area contributed by atoms with Crippen LogP contribution in [0, 0.1) is 0 Å². The van der Waals surface area contributed by atoms with Gasteiger partial charge in [0.2, 0.25) is 0 Å². The van der Waals surface area contributed by atoms with Gasteiger partial charge in [-0.25, -0.2) is 4.98 Å². The highest BCUT2D eigenvalue weighted by Crippen LogP contribution is 2.25. The molecule has 0 saturated carbocycles. The van der Waals surface area contributed by atoms with Crippen molar-refractivity contribution < 1.29 is 9.84 Å². The zero-order chi connectivity index (χ0) is 14.6. The number of ether oxygens (including phenoxy) is 1. The number of aliphatic hydroxyl groups excluding tert-OH is 1. The summed E-state index contributed by atoms with van der Waals surface area (Å²) in [6.45, 7) is 7.07. The summed E-state index contributed by atoms with van der Waals surface area (Å²) in [7, 11) is 0.